The minimum Gasteiger partial charge on any atom is -0.346 e. The summed E-state index contributed by atoms with van der Waals surface area (Å²) >= 11 is 3.42. The van der Waals surface area contributed by atoms with Crippen molar-refractivity contribution in [1.29, 1.82) is 0 Å². The molecule has 19 heavy (non-hydrogen) atoms. The van der Waals surface area contributed by atoms with Gasteiger partial charge in [0.05, 0.1) is 4.92 Å². The van der Waals surface area contributed by atoms with Crippen LogP contribution in [0.4, 0.5) is 5.69 Å². The van der Waals surface area contributed by atoms with Crippen LogP contribution in [0.3, 0.4) is 0 Å². The molecule has 0 aliphatic heterocycles. The molecule has 0 saturated carbocycles. The predicted molar refractivity (Wildman–Crippen MR) is 77.8 cm³/mol. The Balaban J connectivity index is 3.02. The highest BCUT2D eigenvalue weighted by Crippen LogP contribution is 2.21. The number of hydrogen-bond donors (Lipinski definition) is 1. The highest BCUT2D eigenvalue weighted by molar-refractivity contribution is 9.09. The maximum Gasteiger partial charge on any atom is 0.273 e. The van der Waals surface area contributed by atoms with Crippen molar-refractivity contribution in [1.82, 2.24) is 5.32 Å². The summed E-state index contributed by atoms with van der Waals surface area (Å²) in [4.78, 5) is 22.5. The average molecular weight is 329 g/mol. The molecule has 1 unspecified atom stereocenters. The number of rotatable bonds is 4. The molecule has 0 saturated heterocycles. The van der Waals surface area contributed by atoms with Crippen LogP contribution in [0.1, 0.15) is 36.7 Å². The molecule has 1 amide bonds. The first kappa shape index (κ1) is 15.6. The van der Waals surface area contributed by atoms with Crippen molar-refractivity contribution < 1.29 is 9.72 Å². The predicted octanol–water partition coefficient (Wildman–Crippen LogP) is 3.20. The summed E-state index contributed by atoms with van der Waals surface area (Å²) < 4.78 is 0. The highest BCUT2D eigenvalue weighted by Gasteiger charge is 2.26. The van der Waals surface area contributed by atoms with Crippen molar-refractivity contribution in [3.8, 4) is 0 Å². The van der Waals surface area contributed by atoms with Gasteiger partial charge in [0.2, 0.25) is 0 Å². The van der Waals surface area contributed by atoms with Gasteiger partial charge in [0.1, 0.15) is 0 Å². The molecule has 5 nitrogen and oxygen atoms in total. The third-order valence-corrected chi connectivity index (χ3v) is 4.24. The van der Waals surface area contributed by atoms with E-state index < -0.39 is 10.5 Å². The zero-order valence-electron chi connectivity index (χ0n) is 11.4. The molecule has 0 fully saturated rings. The Morgan fingerprint density at radius 3 is 2.53 bits per heavy atom. The fourth-order valence-electron chi connectivity index (χ4n) is 1.41. The van der Waals surface area contributed by atoms with Crippen LogP contribution in [0.5, 0.6) is 0 Å². The molecule has 1 aromatic rings. The summed E-state index contributed by atoms with van der Waals surface area (Å²) in [6.07, 6.45) is 0. The number of nitro groups is 1. The summed E-state index contributed by atoms with van der Waals surface area (Å²) in [5, 5.41) is 13.7. The maximum atomic E-state index is 12.1. The van der Waals surface area contributed by atoms with Crippen LogP contribution in [-0.2, 0) is 0 Å². The number of carbonyl (C=O) groups is 1. The van der Waals surface area contributed by atoms with Gasteiger partial charge >= 0.3 is 0 Å². The molecule has 0 aliphatic rings. The molecule has 0 aromatic heterocycles. The fourth-order valence-corrected chi connectivity index (χ4v) is 1.53. The molecule has 0 heterocycles. The van der Waals surface area contributed by atoms with Crippen molar-refractivity contribution in [3.05, 3.63) is 39.4 Å². The summed E-state index contributed by atoms with van der Waals surface area (Å²) in [7, 11) is 0. The van der Waals surface area contributed by atoms with Crippen molar-refractivity contribution >= 4 is 27.5 Å². The first-order valence-electron chi connectivity index (χ1n) is 5.87. The molecule has 1 atom stereocenters. The first-order valence-corrected chi connectivity index (χ1v) is 6.78. The Morgan fingerprint density at radius 1 is 1.47 bits per heavy atom. The van der Waals surface area contributed by atoms with E-state index in [1.165, 1.54) is 6.07 Å². The van der Waals surface area contributed by atoms with E-state index in [1.54, 1.807) is 19.1 Å². The van der Waals surface area contributed by atoms with Gasteiger partial charge in [-0.2, -0.15) is 0 Å². The third kappa shape index (κ3) is 3.76. The van der Waals surface area contributed by atoms with E-state index in [1.807, 2.05) is 20.8 Å². The number of aryl methyl sites for hydroxylation is 1. The third-order valence-electron chi connectivity index (χ3n) is 3.10. The van der Waals surface area contributed by atoms with Gasteiger partial charge in [0.15, 0.2) is 0 Å². The molecular formula is C13H17BrN2O3. The molecule has 104 valence electrons. The Hall–Kier alpha value is -1.43. The molecule has 0 bridgehead atoms. The number of halogens is 1. The van der Waals surface area contributed by atoms with Gasteiger partial charge in [-0.1, -0.05) is 28.9 Å². The highest BCUT2D eigenvalue weighted by atomic mass is 79.9. The maximum absolute atomic E-state index is 12.1. The Morgan fingerprint density at radius 2 is 2.05 bits per heavy atom. The number of alkyl halides is 1. The lowest BCUT2D eigenvalue weighted by Gasteiger charge is -2.29. The van der Waals surface area contributed by atoms with Gasteiger partial charge in [-0.25, -0.2) is 0 Å². The monoisotopic (exact) mass is 328 g/mol. The normalized spacial score (nSPS) is 12.9. The van der Waals surface area contributed by atoms with E-state index in [0.717, 1.165) is 0 Å². The molecule has 0 spiro atoms. The van der Waals surface area contributed by atoms with Gasteiger partial charge in [-0.05, 0) is 26.8 Å². The zero-order chi connectivity index (χ0) is 14.8. The van der Waals surface area contributed by atoms with Crippen LogP contribution >= 0.6 is 15.9 Å². The lowest BCUT2D eigenvalue weighted by atomic mass is 10.0. The Bertz CT molecular complexity index is 513. The SMILES string of the molecule is Cc1ccc(C(=O)NC(C)(C)C(C)Br)cc1[N+](=O)[O-]. The molecule has 1 N–H and O–H groups in total. The molecule has 1 aromatic carbocycles. The van der Waals surface area contributed by atoms with Gasteiger partial charge in [-0.3, -0.25) is 14.9 Å². The number of hydrogen-bond acceptors (Lipinski definition) is 3. The van der Waals surface area contributed by atoms with Gasteiger partial charge in [0, 0.05) is 27.6 Å². The van der Waals surface area contributed by atoms with Crippen LogP contribution < -0.4 is 5.32 Å². The van der Waals surface area contributed by atoms with Crippen LogP contribution in [0, 0.1) is 17.0 Å². The Labute approximate surface area is 120 Å². The number of carbonyl (C=O) groups excluding carboxylic acids is 1. The van der Waals surface area contributed by atoms with Crippen molar-refractivity contribution in [3.63, 3.8) is 0 Å². The summed E-state index contributed by atoms with van der Waals surface area (Å²) in [6.45, 7) is 7.34. The van der Waals surface area contributed by atoms with E-state index in [4.69, 9.17) is 0 Å². The lowest BCUT2D eigenvalue weighted by Crippen LogP contribution is -2.48. The fraction of sp³-hybridized carbons (Fsp3) is 0.462. The number of nitrogens with zero attached hydrogens (tertiary/aromatic N) is 1. The molecule has 1 rings (SSSR count). The van der Waals surface area contributed by atoms with Crippen LogP contribution in [-0.4, -0.2) is 21.2 Å². The topological polar surface area (TPSA) is 72.2 Å². The molecule has 0 aliphatic carbocycles. The van der Waals surface area contributed by atoms with Crippen LogP contribution in [0.2, 0.25) is 0 Å². The number of benzene rings is 1. The summed E-state index contributed by atoms with van der Waals surface area (Å²) in [5.41, 5.74) is 0.335. The standard InChI is InChI=1S/C13H17BrN2O3/c1-8-5-6-10(7-11(8)16(18)19)12(17)15-13(3,4)9(2)14/h5-7,9H,1-4H3,(H,15,17). The number of nitrogens with one attached hydrogen (secondary N) is 1. The second-order valence-corrected chi connectivity index (χ2v) is 6.42. The second kappa shape index (κ2) is 5.69. The quantitative estimate of drug-likeness (QED) is 0.524. The minimum atomic E-state index is -0.482. The molecule has 0 radical (unpaired) electrons. The number of nitro benzene ring substituents is 1. The van der Waals surface area contributed by atoms with Crippen molar-refractivity contribution in [2.45, 2.75) is 38.1 Å². The summed E-state index contributed by atoms with van der Waals surface area (Å²) in [6, 6.07) is 4.48. The van der Waals surface area contributed by atoms with Gasteiger partial charge < -0.3 is 5.32 Å². The van der Waals surface area contributed by atoms with E-state index in [0.29, 0.717) is 11.1 Å². The van der Waals surface area contributed by atoms with E-state index in [9.17, 15) is 14.9 Å². The Kier molecular flexibility index (Phi) is 4.68. The van der Waals surface area contributed by atoms with Gasteiger partial charge in [0.25, 0.3) is 11.6 Å². The molecular weight excluding hydrogens is 312 g/mol. The van der Waals surface area contributed by atoms with E-state index >= 15 is 0 Å². The van der Waals surface area contributed by atoms with Crippen LogP contribution in [0.25, 0.3) is 0 Å². The largest absolute Gasteiger partial charge is 0.346 e. The molecule has 6 heteroatoms. The van der Waals surface area contributed by atoms with Gasteiger partial charge in [-0.15, -0.1) is 0 Å². The first-order chi connectivity index (χ1) is 8.65. The second-order valence-electron chi connectivity index (χ2n) is 5.05. The average Bonchev–Trinajstić information content (AvgIpc) is 2.28. The number of amides is 1. The van der Waals surface area contributed by atoms with Crippen molar-refractivity contribution in [2.75, 3.05) is 0 Å². The lowest BCUT2D eigenvalue weighted by molar-refractivity contribution is -0.385. The van der Waals surface area contributed by atoms with E-state index in [2.05, 4.69) is 21.2 Å². The van der Waals surface area contributed by atoms with E-state index in [-0.39, 0.29) is 16.4 Å². The van der Waals surface area contributed by atoms with Crippen molar-refractivity contribution in [2.24, 2.45) is 0 Å². The zero-order valence-corrected chi connectivity index (χ0v) is 12.9. The smallest absolute Gasteiger partial charge is 0.273 e. The van der Waals surface area contributed by atoms with Crippen LogP contribution in [0.15, 0.2) is 18.2 Å². The summed E-state index contributed by atoms with van der Waals surface area (Å²) in [5.74, 6) is -0.320. The minimum absolute atomic E-state index is 0.0441.